The Morgan fingerprint density at radius 3 is 1.85 bits per heavy atom. The molecule has 0 amide bonds. The van der Waals surface area contributed by atoms with Gasteiger partial charge < -0.3 is 4.74 Å². The van der Waals surface area contributed by atoms with E-state index in [1.165, 1.54) is 18.2 Å². The molecule has 0 radical (unpaired) electrons. The fourth-order valence-electron chi connectivity index (χ4n) is 2.48. The van der Waals surface area contributed by atoms with E-state index in [1.54, 1.807) is 54.6 Å². The Balaban J connectivity index is 2.02. The van der Waals surface area contributed by atoms with Crippen LogP contribution in [0.5, 0.6) is 5.75 Å². The first-order valence-electron chi connectivity index (χ1n) is 7.87. The Morgan fingerprint density at radius 1 is 0.667 bits per heavy atom. The summed E-state index contributed by atoms with van der Waals surface area (Å²) in [6.07, 6.45) is 0. The molecule has 3 aromatic carbocycles. The minimum atomic E-state index is -0.634. The molecule has 0 unspecified atom stereocenters. The van der Waals surface area contributed by atoms with Gasteiger partial charge in [-0.1, -0.05) is 30.3 Å². The van der Waals surface area contributed by atoms with E-state index < -0.39 is 16.5 Å². The van der Waals surface area contributed by atoms with Crippen LogP contribution in [-0.4, -0.2) is 16.5 Å². The Morgan fingerprint density at radius 2 is 1.26 bits per heavy atom. The molecule has 6 heteroatoms. The summed E-state index contributed by atoms with van der Waals surface area (Å²) in [7, 11) is 0. The first kappa shape index (κ1) is 18.8. The number of rotatable bonds is 5. The van der Waals surface area contributed by atoms with Crippen molar-refractivity contribution in [2.24, 2.45) is 0 Å². The largest absolute Gasteiger partial charge is 0.422 e. The highest BCUT2D eigenvalue weighted by Crippen LogP contribution is 2.32. The summed E-state index contributed by atoms with van der Waals surface area (Å²) in [5.74, 6) is -0.273. The molecule has 3 aromatic rings. The molecule has 27 heavy (non-hydrogen) atoms. The highest BCUT2D eigenvalue weighted by atomic mass is 35.5. The number of esters is 1. The van der Waals surface area contributed by atoms with Crippen molar-refractivity contribution in [2.75, 3.05) is 0 Å². The Bertz CT molecular complexity index is 1010. The number of benzene rings is 3. The summed E-state index contributed by atoms with van der Waals surface area (Å²) in [5.41, 5.74) is 2.09. The lowest BCUT2D eigenvalue weighted by atomic mass is 10.0. The molecule has 4 nitrogen and oxygen atoms in total. The van der Waals surface area contributed by atoms with Crippen LogP contribution in [0.3, 0.4) is 0 Å². The standard InChI is InChI=1S/C21H12Cl2O4/c22-19(24)14-8-6-13(7-9-14)17-12-16(20(23)25)10-11-18(17)27-21(26)15-4-2-1-3-5-15/h1-12H. The van der Waals surface area contributed by atoms with Gasteiger partial charge >= 0.3 is 5.97 Å². The van der Waals surface area contributed by atoms with Gasteiger partial charge in [0.05, 0.1) is 5.56 Å². The molecule has 0 aliphatic carbocycles. The van der Waals surface area contributed by atoms with Crippen LogP contribution >= 0.6 is 23.2 Å². The van der Waals surface area contributed by atoms with Crippen molar-refractivity contribution in [3.05, 3.63) is 89.5 Å². The smallest absolute Gasteiger partial charge is 0.343 e. The molecule has 0 N–H and O–H groups in total. The fraction of sp³-hybridized carbons (Fsp3) is 0. The summed E-state index contributed by atoms with van der Waals surface area (Å²) in [6, 6.07) is 19.4. The van der Waals surface area contributed by atoms with Crippen molar-refractivity contribution in [3.63, 3.8) is 0 Å². The Kier molecular flexibility index (Phi) is 5.69. The van der Waals surface area contributed by atoms with Crippen LogP contribution < -0.4 is 4.74 Å². The quantitative estimate of drug-likeness (QED) is 0.331. The van der Waals surface area contributed by atoms with Gasteiger partial charge in [0.15, 0.2) is 0 Å². The molecule has 0 spiro atoms. The van der Waals surface area contributed by atoms with Crippen molar-refractivity contribution >= 4 is 39.7 Å². The number of hydrogen-bond acceptors (Lipinski definition) is 4. The summed E-state index contributed by atoms with van der Waals surface area (Å²) >= 11 is 11.0. The molecule has 0 aliphatic heterocycles. The first-order chi connectivity index (χ1) is 13.0. The molecular formula is C21H12Cl2O4. The lowest BCUT2D eigenvalue weighted by Gasteiger charge is -2.12. The number of carbonyl (C=O) groups excluding carboxylic acids is 3. The topological polar surface area (TPSA) is 60.4 Å². The van der Waals surface area contributed by atoms with Gasteiger partial charge in [-0.05, 0) is 71.2 Å². The average Bonchev–Trinajstić information content (AvgIpc) is 2.69. The second-order valence-corrected chi connectivity index (χ2v) is 6.28. The molecule has 0 fully saturated rings. The van der Waals surface area contributed by atoms with E-state index in [-0.39, 0.29) is 11.3 Å². The zero-order valence-corrected chi connectivity index (χ0v) is 15.3. The van der Waals surface area contributed by atoms with Gasteiger partial charge in [0.1, 0.15) is 5.75 Å². The van der Waals surface area contributed by atoms with Crippen LogP contribution in [0.1, 0.15) is 31.1 Å². The highest BCUT2D eigenvalue weighted by molar-refractivity contribution is 6.68. The molecule has 0 aliphatic rings. The number of ether oxygens (including phenoxy) is 1. The molecular weight excluding hydrogens is 387 g/mol. The van der Waals surface area contributed by atoms with E-state index in [2.05, 4.69) is 0 Å². The van der Waals surface area contributed by atoms with E-state index in [0.717, 1.165) is 0 Å². The predicted octanol–water partition coefficient (Wildman–Crippen LogP) is 5.33. The van der Waals surface area contributed by atoms with E-state index in [0.29, 0.717) is 22.3 Å². The van der Waals surface area contributed by atoms with Gasteiger partial charge in [-0.2, -0.15) is 0 Å². The lowest BCUT2D eigenvalue weighted by Crippen LogP contribution is -2.09. The zero-order chi connectivity index (χ0) is 19.4. The number of carbonyl (C=O) groups is 3. The van der Waals surface area contributed by atoms with Gasteiger partial charge in [0.25, 0.3) is 10.5 Å². The maximum atomic E-state index is 12.4. The first-order valence-corrected chi connectivity index (χ1v) is 8.62. The van der Waals surface area contributed by atoms with E-state index >= 15 is 0 Å². The third-order valence-corrected chi connectivity index (χ3v) is 4.28. The van der Waals surface area contributed by atoms with Crippen molar-refractivity contribution in [1.82, 2.24) is 0 Å². The van der Waals surface area contributed by atoms with E-state index in [4.69, 9.17) is 27.9 Å². The molecule has 3 rings (SSSR count). The van der Waals surface area contributed by atoms with Crippen molar-refractivity contribution in [2.45, 2.75) is 0 Å². The van der Waals surface area contributed by atoms with Crippen LogP contribution in [0, 0.1) is 0 Å². The maximum absolute atomic E-state index is 12.4. The monoisotopic (exact) mass is 398 g/mol. The highest BCUT2D eigenvalue weighted by Gasteiger charge is 2.15. The molecule has 0 aromatic heterocycles. The second kappa shape index (κ2) is 8.16. The normalized spacial score (nSPS) is 10.3. The van der Waals surface area contributed by atoms with Gasteiger partial charge in [-0.15, -0.1) is 0 Å². The summed E-state index contributed by atoms with van der Waals surface area (Å²) in [4.78, 5) is 35.1. The molecule has 0 saturated carbocycles. The molecule has 134 valence electrons. The maximum Gasteiger partial charge on any atom is 0.343 e. The average molecular weight is 399 g/mol. The molecule has 0 saturated heterocycles. The van der Waals surface area contributed by atoms with E-state index in [9.17, 15) is 14.4 Å². The summed E-state index contributed by atoms with van der Waals surface area (Å²) in [6.45, 7) is 0. The third-order valence-electron chi connectivity index (χ3n) is 3.84. The van der Waals surface area contributed by atoms with E-state index in [1.807, 2.05) is 0 Å². The zero-order valence-electron chi connectivity index (χ0n) is 13.8. The fourth-order valence-corrected chi connectivity index (χ4v) is 2.72. The van der Waals surface area contributed by atoms with Crippen molar-refractivity contribution < 1.29 is 19.1 Å². The second-order valence-electron chi connectivity index (χ2n) is 5.59. The van der Waals surface area contributed by atoms with Crippen LogP contribution in [-0.2, 0) is 0 Å². The number of halogens is 2. The molecule has 0 heterocycles. The van der Waals surface area contributed by atoms with Gasteiger partial charge in [0.2, 0.25) is 0 Å². The van der Waals surface area contributed by atoms with Crippen molar-refractivity contribution in [3.8, 4) is 16.9 Å². The van der Waals surface area contributed by atoms with Crippen LogP contribution in [0.15, 0.2) is 72.8 Å². The SMILES string of the molecule is O=C(Cl)c1ccc(-c2cc(C(=O)Cl)ccc2OC(=O)c2ccccc2)cc1. The Labute approximate surface area is 165 Å². The van der Waals surface area contributed by atoms with Gasteiger partial charge in [0, 0.05) is 16.7 Å². The number of hydrogen-bond donors (Lipinski definition) is 0. The molecule has 0 bridgehead atoms. The summed E-state index contributed by atoms with van der Waals surface area (Å²) < 4.78 is 5.51. The van der Waals surface area contributed by atoms with Crippen molar-refractivity contribution in [1.29, 1.82) is 0 Å². The third kappa shape index (κ3) is 4.42. The lowest BCUT2D eigenvalue weighted by molar-refractivity contribution is 0.0735. The van der Waals surface area contributed by atoms with Crippen LogP contribution in [0.4, 0.5) is 0 Å². The molecule has 0 atom stereocenters. The van der Waals surface area contributed by atoms with Gasteiger partial charge in [-0.25, -0.2) is 4.79 Å². The van der Waals surface area contributed by atoms with Crippen LogP contribution in [0.2, 0.25) is 0 Å². The predicted molar refractivity (Wildman–Crippen MR) is 104 cm³/mol. The summed E-state index contributed by atoms with van der Waals surface area (Å²) in [5, 5.41) is -1.22. The van der Waals surface area contributed by atoms with Gasteiger partial charge in [-0.3, -0.25) is 9.59 Å². The Hall–Kier alpha value is -2.95. The minimum Gasteiger partial charge on any atom is -0.422 e. The van der Waals surface area contributed by atoms with Crippen LogP contribution in [0.25, 0.3) is 11.1 Å². The minimum absolute atomic E-state index is 0.253.